The SMILES string of the molecule is Cc1nn(C)c(C)c1/C=C/C(=O)O[C@@H]1CCCCC1=O. The van der Waals surface area contributed by atoms with Crippen molar-refractivity contribution in [3.63, 3.8) is 0 Å². The topological polar surface area (TPSA) is 61.2 Å². The Kier molecular flexibility index (Phi) is 4.37. The van der Waals surface area contributed by atoms with Gasteiger partial charge in [0.05, 0.1) is 5.69 Å². The molecule has 0 spiro atoms. The standard InChI is InChI=1S/C15H20N2O3/c1-10-12(11(2)17(3)16-10)8-9-15(19)20-14-7-5-4-6-13(14)18/h8-9,14H,4-7H2,1-3H3/b9-8+/t14-/m1/s1. The number of Topliss-reactive ketones (excluding diaryl/α,β-unsaturated/α-hetero) is 1. The minimum atomic E-state index is -0.558. The van der Waals surface area contributed by atoms with E-state index in [4.69, 9.17) is 4.74 Å². The molecule has 0 aliphatic heterocycles. The molecule has 1 aliphatic rings. The van der Waals surface area contributed by atoms with E-state index < -0.39 is 12.1 Å². The molecule has 108 valence electrons. The van der Waals surface area contributed by atoms with Crippen molar-refractivity contribution in [2.24, 2.45) is 7.05 Å². The molecule has 5 heteroatoms. The molecule has 0 N–H and O–H groups in total. The van der Waals surface area contributed by atoms with Gasteiger partial charge in [-0.2, -0.15) is 5.10 Å². The average molecular weight is 276 g/mol. The van der Waals surface area contributed by atoms with Crippen molar-refractivity contribution in [2.45, 2.75) is 45.6 Å². The third-order valence-corrected chi connectivity index (χ3v) is 3.71. The molecule has 20 heavy (non-hydrogen) atoms. The highest BCUT2D eigenvalue weighted by Gasteiger charge is 2.24. The van der Waals surface area contributed by atoms with E-state index >= 15 is 0 Å². The second-order valence-electron chi connectivity index (χ2n) is 5.18. The minimum absolute atomic E-state index is 0.0340. The number of ketones is 1. The maximum atomic E-state index is 11.8. The average Bonchev–Trinajstić information content (AvgIpc) is 2.64. The first kappa shape index (κ1) is 14.5. The Morgan fingerprint density at radius 1 is 1.40 bits per heavy atom. The van der Waals surface area contributed by atoms with Crippen molar-refractivity contribution in [2.75, 3.05) is 0 Å². The Labute approximate surface area is 118 Å². The van der Waals surface area contributed by atoms with Crippen LogP contribution in [0.1, 0.15) is 42.6 Å². The zero-order valence-electron chi connectivity index (χ0n) is 12.2. The van der Waals surface area contributed by atoms with Crippen LogP contribution < -0.4 is 0 Å². The van der Waals surface area contributed by atoms with Crippen LogP contribution in [0.15, 0.2) is 6.08 Å². The van der Waals surface area contributed by atoms with Crippen LogP contribution in [-0.2, 0) is 21.4 Å². The number of hydrogen-bond donors (Lipinski definition) is 0. The van der Waals surface area contributed by atoms with E-state index in [9.17, 15) is 9.59 Å². The van der Waals surface area contributed by atoms with Gasteiger partial charge in [0, 0.05) is 30.8 Å². The highest BCUT2D eigenvalue weighted by atomic mass is 16.5. The molecule has 5 nitrogen and oxygen atoms in total. The molecule has 1 aromatic rings. The second-order valence-corrected chi connectivity index (χ2v) is 5.18. The van der Waals surface area contributed by atoms with Gasteiger partial charge in [0.1, 0.15) is 0 Å². The summed E-state index contributed by atoms with van der Waals surface area (Å²) in [6.45, 7) is 3.83. The molecule has 0 amide bonds. The van der Waals surface area contributed by atoms with Crippen LogP contribution in [0.5, 0.6) is 0 Å². The number of hydrogen-bond acceptors (Lipinski definition) is 4. The molecule has 1 atom stereocenters. The normalized spacial score (nSPS) is 19.6. The summed E-state index contributed by atoms with van der Waals surface area (Å²) in [5.74, 6) is -0.431. The van der Waals surface area contributed by atoms with Gasteiger partial charge >= 0.3 is 5.97 Å². The molecule has 0 unspecified atom stereocenters. The number of rotatable bonds is 3. The largest absolute Gasteiger partial charge is 0.451 e. The van der Waals surface area contributed by atoms with Crippen LogP contribution in [0.25, 0.3) is 6.08 Å². The van der Waals surface area contributed by atoms with Crippen molar-refractivity contribution in [1.29, 1.82) is 0 Å². The fraction of sp³-hybridized carbons (Fsp3) is 0.533. The third-order valence-electron chi connectivity index (χ3n) is 3.71. The van der Waals surface area contributed by atoms with Gasteiger partial charge in [-0.1, -0.05) is 0 Å². The summed E-state index contributed by atoms with van der Waals surface area (Å²) in [7, 11) is 1.86. The van der Waals surface area contributed by atoms with Crippen molar-refractivity contribution >= 4 is 17.8 Å². The predicted molar refractivity (Wildman–Crippen MR) is 75.1 cm³/mol. The lowest BCUT2D eigenvalue weighted by Crippen LogP contribution is -2.29. The Bertz CT molecular complexity index is 558. The molecule has 1 aliphatic carbocycles. The first-order valence-electron chi connectivity index (χ1n) is 6.90. The molecule has 0 bridgehead atoms. The minimum Gasteiger partial charge on any atom is -0.451 e. The number of aromatic nitrogens is 2. The quantitative estimate of drug-likeness (QED) is 0.626. The zero-order chi connectivity index (χ0) is 14.7. The first-order valence-corrected chi connectivity index (χ1v) is 6.90. The van der Waals surface area contributed by atoms with Crippen LogP contribution in [0.4, 0.5) is 0 Å². The molecule has 0 saturated heterocycles. The van der Waals surface area contributed by atoms with Crippen LogP contribution in [0.2, 0.25) is 0 Å². The lowest BCUT2D eigenvalue weighted by atomic mass is 9.96. The van der Waals surface area contributed by atoms with Gasteiger partial charge in [-0.3, -0.25) is 9.48 Å². The number of carbonyl (C=O) groups is 2. The van der Waals surface area contributed by atoms with E-state index in [1.807, 2.05) is 20.9 Å². The zero-order valence-corrected chi connectivity index (χ0v) is 12.2. The van der Waals surface area contributed by atoms with Crippen LogP contribution in [-0.4, -0.2) is 27.6 Å². The van der Waals surface area contributed by atoms with Gasteiger partial charge in [-0.15, -0.1) is 0 Å². The molecule has 0 aromatic carbocycles. The molecule has 2 rings (SSSR count). The summed E-state index contributed by atoms with van der Waals surface area (Å²) in [4.78, 5) is 23.4. The number of carbonyl (C=O) groups excluding carboxylic acids is 2. The smallest absolute Gasteiger partial charge is 0.331 e. The highest BCUT2D eigenvalue weighted by molar-refractivity contribution is 5.91. The molecular weight excluding hydrogens is 256 g/mol. The van der Waals surface area contributed by atoms with Crippen molar-refractivity contribution < 1.29 is 14.3 Å². The van der Waals surface area contributed by atoms with Gasteiger partial charge in [-0.25, -0.2) is 4.79 Å². The van der Waals surface area contributed by atoms with E-state index in [0.29, 0.717) is 12.8 Å². The summed E-state index contributed by atoms with van der Waals surface area (Å²) in [5, 5.41) is 4.28. The maximum absolute atomic E-state index is 11.8. The van der Waals surface area contributed by atoms with E-state index in [2.05, 4.69) is 5.10 Å². The molecule has 1 aromatic heterocycles. The monoisotopic (exact) mass is 276 g/mol. The predicted octanol–water partition coefficient (Wildman–Crippen LogP) is 2.11. The van der Waals surface area contributed by atoms with Crippen LogP contribution >= 0.6 is 0 Å². The highest BCUT2D eigenvalue weighted by Crippen LogP contribution is 2.18. The second kappa shape index (κ2) is 6.03. The van der Waals surface area contributed by atoms with Crippen molar-refractivity contribution in [1.82, 2.24) is 9.78 Å². The Morgan fingerprint density at radius 2 is 2.15 bits per heavy atom. The van der Waals surface area contributed by atoms with Gasteiger partial charge in [0.15, 0.2) is 11.9 Å². The number of aryl methyl sites for hydroxylation is 2. The fourth-order valence-electron chi connectivity index (χ4n) is 2.44. The fourth-order valence-corrected chi connectivity index (χ4v) is 2.44. The lowest BCUT2D eigenvalue weighted by Gasteiger charge is -2.19. The Balaban J connectivity index is 2.00. The number of nitrogens with zero attached hydrogens (tertiary/aromatic N) is 2. The molecule has 1 fully saturated rings. The molecule has 1 saturated carbocycles. The summed E-state index contributed by atoms with van der Waals surface area (Å²) in [5.41, 5.74) is 2.77. The van der Waals surface area contributed by atoms with Gasteiger partial charge in [-0.05, 0) is 39.2 Å². The summed E-state index contributed by atoms with van der Waals surface area (Å²) in [6, 6.07) is 0. The third kappa shape index (κ3) is 3.15. The van der Waals surface area contributed by atoms with Crippen molar-refractivity contribution in [3.8, 4) is 0 Å². The van der Waals surface area contributed by atoms with Crippen LogP contribution in [0.3, 0.4) is 0 Å². The number of ether oxygens (including phenoxy) is 1. The molecular formula is C15H20N2O3. The van der Waals surface area contributed by atoms with Gasteiger partial charge in [0.2, 0.25) is 0 Å². The van der Waals surface area contributed by atoms with E-state index in [0.717, 1.165) is 29.8 Å². The molecule has 1 heterocycles. The summed E-state index contributed by atoms with van der Waals surface area (Å²) in [6.07, 6.45) is 5.51. The van der Waals surface area contributed by atoms with E-state index in [1.54, 1.807) is 10.8 Å². The van der Waals surface area contributed by atoms with Gasteiger partial charge < -0.3 is 4.74 Å². The van der Waals surface area contributed by atoms with Gasteiger partial charge in [0.25, 0.3) is 0 Å². The number of esters is 1. The van der Waals surface area contributed by atoms with Crippen molar-refractivity contribution in [3.05, 3.63) is 23.0 Å². The first-order chi connectivity index (χ1) is 9.49. The Morgan fingerprint density at radius 3 is 2.75 bits per heavy atom. The van der Waals surface area contributed by atoms with Crippen LogP contribution in [0, 0.1) is 13.8 Å². The maximum Gasteiger partial charge on any atom is 0.331 e. The lowest BCUT2D eigenvalue weighted by molar-refractivity contribution is -0.152. The van der Waals surface area contributed by atoms with E-state index in [1.165, 1.54) is 6.08 Å². The summed E-state index contributed by atoms with van der Waals surface area (Å²) >= 11 is 0. The Hall–Kier alpha value is -1.91. The summed E-state index contributed by atoms with van der Waals surface area (Å²) < 4.78 is 6.98. The molecule has 0 radical (unpaired) electrons. The van der Waals surface area contributed by atoms with E-state index in [-0.39, 0.29) is 5.78 Å².